The molecule has 11 heteroatoms. The fourth-order valence-electron chi connectivity index (χ4n) is 6.84. The number of nitrogens with zero attached hydrogens (tertiary/aromatic N) is 3. The standard InChI is InChI=1S/C32H40N4O7/c1-32-17-20(32)12-5-4-6-13-23-28(34-27-22(33-23)14-9-15-25(27)40-2)42-21-16-24(30(38)41-3)36(18-21)29(37)26(35-31(39)43-32)19-10-7-8-11-19/h4-5,9,14-15,19-21,24,26H,6-8,10-13,16-18H2,1-3H3,(H,35,39)/b5-4+/t20-,21-,24+,26+,32-/m1/s1. The van der Waals surface area contributed by atoms with Gasteiger partial charge in [-0.2, -0.15) is 0 Å². The smallest absolute Gasteiger partial charge is 0.408 e. The second-order valence-electron chi connectivity index (χ2n) is 12.3. The van der Waals surface area contributed by atoms with Crippen LogP contribution in [-0.4, -0.2) is 77.4 Å². The maximum Gasteiger partial charge on any atom is 0.408 e. The molecule has 1 saturated heterocycles. The van der Waals surface area contributed by atoms with E-state index in [1.807, 2.05) is 25.1 Å². The Bertz CT molecular complexity index is 1420. The summed E-state index contributed by atoms with van der Waals surface area (Å²) in [5, 5.41) is 2.90. The zero-order valence-corrected chi connectivity index (χ0v) is 25.0. The number of rotatable bonds is 3. The van der Waals surface area contributed by atoms with E-state index in [2.05, 4.69) is 17.5 Å². The molecular weight excluding hydrogens is 552 g/mol. The molecule has 0 radical (unpaired) electrons. The highest BCUT2D eigenvalue weighted by Gasteiger charge is 2.53. The Morgan fingerprint density at radius 2 is 1.95 bits per heavy atom. The number of fused-ring (bicyclic) bond motifs is 5. The Hall–Kier alpha value is -3.89. The summed E-state index contributed by atoms with van der Waals surface area (Å²) in [5.74, 6) is 0.264. The van der Waals surface area contributed by atoms with Gasteiger partial charge in [0.25, 0.3) is 0 Å². The molecule has 5 atom stereocenters. The quantitative estimate of drug-likeness (QED) is 0.413. The molecule has 6 rings (SSSR count). The minimum atomic E-state index is -0.856. The molecule has 2 saturated carbocycles. The number of benzene rings is 1. The maximum atomic E-state index is 14.2. The van der Waals surface area contributed by atoms with Crippen LogP contribution in [0.3, 0.4) is 0 Å². The summed E-state index contributed by atoms with van der Waals surface area (Å²) >= 11 is 0. The van der Waals surface area contributed by atoms with E-state index < -0.39 is 35.9 Å². The number of carbonyl (C=O) groups excluding carboxylic acids is 3. The highest BCUT2D eigenvalue weighted by atomic mass is 16.6. The van der Waals surface area contributed by atoms with Gasteiger partial charge in [-0.3, -0.25) is 4.79 Å². The molecule has 0 unspecified atom stereocenters. The normalized spacial score (nSPS) is 30.6. The number of hydrogen-bond acceptors (Lipinski definition) is 9. The molecule has 2 aliphatic heterocycles. The molecule has 11 nitrogen and oxygen atoms in total. The lowest BCUT2D eigenvalue weighted by atomic mass is 9.96. The van der Waals surface area contributed by atoms with E-state index in [4.69, 9.17) is 28.9 Å². The van der Waals surface area contributed by atoms with Crippen molar-refractivity contribution >= 4 is 29.0 Å². The number of alkyl carbamates (subject to hydrolysis) is 1. The summed E-state index contributed by atoms with van der Waals surface area (Å²) in [6.45, 7) is 2.08. The first-order valence-corrected chi connectivity index (χ1v) is 15.3. The van der Waals surface area contributed by atoms with Crippen LogP contribution < -0.4 is 14.8 Å². The SMILES string of the molecule is COC(=O)[C@@H]1C[C@@H]2CN1C(=O)[C@H](C1CCCC1)NC(=O)O[C@]1(C)C[C@H]1C/C=C/CCc1nc3cccc(OC)c3nc1O2. The van der Waals surface area contributed by atoms with Crippen molar-refractivity contribution < 1.29 is 33.3 Å². The predicted molar refractivity (Wildman–Crippen MR) is 157 cm³/mol. The summed E-state index contributed by atoms with van der Waals surface area (Å²) in [4.78, 5) is 51.5. The van der Waals surface area contributed by atoms with Crippen molar-refractivity contribution in [2.24, 2.45) is 11.8 Å². The molecule has 1 N–H and O–H groups in total. The van der Waals surface area contributed by atoms with Gasteiger partial charge in [-0.1, -0.05) is 31.1 Å². The lowest BCUT2D eigenvalue weighted by Crippen LogP contribution is -2.55. The van der Waals surface area contributed by atoms with Crippen molar-refractivity contribution in [1.29, 1.82) is 0 Å². The van der Waals surface area contributed by atoms with E-state index in [0.717, 1.165) is 38.5 Å². The lowest BCUT2D eigenvalue weighted by molar-refractivity contribution is -0.152. The minimum Gasteiger partial charge on any atom is -0.494 e. The summed E-state index contributed by atoms with van der Waals surface area (Å²) < 4.78 is 23.0. The van der Waals surface area contributed by atoms with Gasteiger partial charge in [-0.25, -0.2) is 19.6 Å². The summed E-state index contributed by atoms with van der Waals surface area (Å²) in [5.41, 5.74) is 1.40. The van der Waals surface area contributed by atoms with Crippen molar-refractivity contribution in [3.05, 3.63) is 36.0 Å². The van der Waals surface area contributed by atoms with E-state index in [-0.39, 0.29) is 30.7 Å². The molecule has 0 spiro atoms. The number of hydrogen-bond donors (Lipinski definition) is 1. The van der Waals surface area contributed by atoms with Crippen LogP contribution in [0.5, 0.6) is 11.6 Å². The van der Waals surface area contributed by atoms with Crippen molar-refractivity contribution in [2.75, 3.05) is 20.8 Å². The third-order valence-electron chi connectivity index (χ3n) is 9.44. The fraction of sp³-hybridized carbons (Fsp3) is 0.594. The maximum absolute atomic E-state index is 14.2. The number of esters is 1. The topological polar surface area (TPSA) is 129 Å². The second-order valence-corrected chi connectivity index (χ2v) is 12.3. The van der Waals surface area contributed by atoms with Crippen LogP contribution in [0.1, 0.15) is 64.0 Å². The van der Waals surface area contributed by atoms with E-state index in [0.29, 0.717) is 41.2 Å². The summed E-state index contributed by atoms with van der Waals surface area (Å²) in [7, 11) is 2.89. The van der Waals surface area contributed by atoms with Gasteiger partial charge in [-0.05, 0) is 63.5 Å². The van der Waals surface area contributed by atoms with Crippen LogP contribution >= 0.6 is 0 Å². The number of methoxy groups -OCH3 is 2. The molecule has 2 amide bonds. The largest absolute Gasteiger partial charge is 0.494 e. The number of allylic oxidation sites excluding steroid dienone is 2. The van der Waals surface area contributed by atoms with E-state index in [9.17, 15) is 14.4 Å². The van der Waals surface area contributed by atoms with Crippen LogP contribution in [0, 0.1) is 11.8 Å². The molecule has 3 heterocycles. The molecule has 4 aliphatic rings. The first-order chi connectivity index (χ1) is 20.8. The van der Waals surface area contributed by atoms with Gasteiger partial charge in [0, 0.05) is 12.3 Å². The number of amides is 2. The van der Waals surface area contributed by atoms with Crippen molar-refractivity contribution in [3.63, 3.8) is 0 Å². The van der Waals surface area contributed by atoms with E-state index in [1.54, 1.807) is 7.11 Å². The highest BCUT2D eigenvalue weighted by Crippen LogP contribution is 2.49. The van der Waals surface area contributed by atoms with Gasteiger partial charge in [0.2, 0.25) is 11.8 Å². The highest BCUT2D eigenvalue weighted by molar-refractivity contribution is 5.90. The number of para-hydroxylation sites is 1. The van der Waals surface area contributed by atoms with Crippen molar-refractivity contribution in [1.82, 2.24) is 20.2 Å². The first-order valence-electron chi connectivity index (χ1n) is 15.3. The molecule has 2 aromatic rings. The average molecular weight is 593 g/mol. The van der Waals surface area contributed by atoms with E-state index in [1.165, 1.54) is 12.0 Å². The lowest BCUT2D eigenvalue weighted by Gasteiger charge is -2.31. The first kappa shape index (κ1) is 29.2. The predicted octanol–water partition coefficient (Wildman–Crippen LogP) is 4.12. The molecular formula is C32H40N4O7. The zero-order chi connectivity index (χ0) is 30.1. The van der Waals surface area contributed by atoms with Gasteiger partial charge in [-0.15, -0.1) is 0 Å². The molecule has 43 heavy (non-hydrogen) atoms. The molecule has 1 aromatic carbocycles. The monoisotopic (exact) mass is 592 g/mol. The molecule has 3 fully saturated rings. The zero-order valence-electron chi connectivity index (χ0n) is 25.0. The number of nitrogens with one attached hydrogen (secondary N) is 1. The van der Waals surface area contributed by atoms with Crippen LogP contribution in [0.25, 0.3) is 11.0 Å². The molecule has 230 valence electrons. The number of aryl methyl sites for hydroxylation is 1. The van der Waals surface area contributed by atoms with Crippen LogP contribution in [0.4, 0.5) is 4.79 Å². The minimum absolute atomic E-state index is 0.0416. The van der Waals surface area contributed by atoms with E-state index >= 15 is 0 Å². The third-order valence-corrected chi connectivity index (χ3v) is 9.44. The number of carbonyl (C=O) groups is 3. The van der Waals surface area contributed by atoms with Crippen molar-refractivity contribution in [3.8, 4) is 11.6 Å². The summed E-state index contributed by atoms with van der Waals surface area (Å²) in [6.07, 6.45) is 9.79. The van der Waals surface area contributed by atoms with Gasteiger partial charge in [0.1, 0.15) is 40.7 Å². The average Bonchev–Trinajstić information content (AvgIpc) is 3.36. The van der Waals surface area contributed by atoms with Gasteiger partial charge >= 0.3 is 12.1 Å². The number of ether oxygens (including phenoxy) is 4. The third kappa shape index (κ3) is 5.99. The summed E-state index contributed by atoms with van der Waals surface area (Å²) in [6, 6.07) is 3.93. The fourth-order valence-corrected chi connectivity index (χ4v) is 6.84. The van der Waals surface area contributed by atoms with Crippen LogP contribution in [-0.2, 0) is 25.5 Å². The Labute approximate surface area is 251 Å². The van der Waals surface area contributed by atoms with Gasteiger partial charge < -0.3 is 29.2 Å². The Balaban J connectivity index is 1.36. The molecule has 2 bridgehead atoms. The van der Waals surface area contributed by atoms with Gasteiger partial charge in [0.05, 0.1) is 26.3 Å². The van der Waals surface area contributed by atoms with Crippen molar-refractivity contribution in [2.45, 2.75) is 88.5 Å². The van der Waals surface area contributed by atoms with Crippen LogP contribution in [0.15, 0.2) is 30.4 Å². The van der Waals surface area contributed by atoms with Crippen LogP contribution in [0.2, 0.25) is 0 Å². The second kappa shape index (κ2) is 12.0. The molecule has 1 aromatic heterocycles. The Kier molecular flexibility index (Phi) is 8.15. The Morgan fingerprint density at radius 1 is 1.14 bits per heavy atom. The Morgan fingerprint density at radius 3 is 2.72 bits per heavy atom. The molecule has 2 aliphatic carbocycles. The van der Waals surface area contributed by atoms with Gasteiger partial charge in [0.15, 0.2) is 0 Å². The number of aromatic nitrogens is 2.